The summed E-state index contributed by atoms with van der Waals surface area (Å²) in [5, 5.41) is 3.33. The van der Waals surface area contributed by atoms with Gasteiger partial charge in [0.1, 0.15) is 0 Å². The Morgan fingerprint density at radius 1 is 1.16 bits per heavy atom. The van der Waals surface area contributed by atoms with Crippen LogP contribution in [-0.2, 0) is 33.4 Å². The second kappa shape index (κ2) is 11.8. The lowest BCUT2D eigenvalue weighted by atomic mass is 10.0. The van der Waals surface area contributed by atoms with E-state index in [-0.39, 0.29) is 48.1 Å². The molecule has 0 radical (unpaired) electrons. The van der Waals surface area contributed by atoms with Gasteiger partial charge in [-0.25, -0.2) is 35.9 Å². The first kappa shape index (κ1) is 30.3. The summed E-state index contributed by atoms with van der Waals surface area (Å²) in [7, 11) is -3.00. The van der Waals surface area contributed by atoms with Gasteiger partial charge in [0.05, 0.1) is 59.9 Å². The van der Waals surface area contributed by atoms with E-state index in [1.165, 1.54) is 25.3 Å². The van der Waals surface area contributed by atoms with Crippen LogP contribution in [0.1, 0.15) is 40.7 Å². The molecule has 1 aliphatic heterocycles. The van der Waals surface area contributed by atoms with Crippen LogP contribution in [0.2, 0.25) is 0 Å². The van der Waals surface area contributed by atoms with E-state index in [1.54, 1.807) is 24.4 Å². The van der Waals surface area contributed by atoms with Crippen molar-refractivity contribution in [2.75, 3.05) is 13.7 Å². The Kier molecular flexibility index (Phi) is 8.34. The van der Waals surface area contributed by atoms with Crippen LogP contribution in [0.25, 0.3) is 22.2 Å². The van der Waals surface area contributed by atoms with E-state index < -0.39 is 39.0 Å². The van der Waals surface area contributed by atoms with Crippen LogP contribution in [-0.4, -0.2) is 54.9 Å². The van der Waals surface area contributed by atoms with E-state index in [0.717, 1.165) is 19.1 Å². The Bertz CT molecular complexity index is 1800. The molecule has 9 nitrogen and oxygen atoms in total. The molecule has 3 aromatic heterocycles. The summed E-state index contributed by atoms with van der Waals surface area (Å²) in [6.07, 6.45) is -2.04. The van der Waals surface area contributed by atoms with Gasteiger partial charge in [-0.15, -0.1) is 0 Å². The van der Waals surface area contributed by atoms with Gasteiger partial charge >= 0.3 is 0 Å². The summed E-state index contributed by atoms with van der Waals surface area (Å²) in [6, 6.07) is 11.5. The Labute approximate surface area is 244 Å². The maximum atomic E-state index is 14.5. The molecule has 226 valence electrons. The number of halogens is 4. The molecule has 0 saturated heterocycles. The standard InChI is InChI=1S/C29H26F4N4O5S/c1-29(33,28(31)32)24-8-6-20(27(37-24)41-2)21-7-5-17-13-34-19(12-22(17)36-21)14-35-26(38)16-3-4-18-15-42-10-9-25(30)43(39,40)23(18)11-16/h3-8,11-13,25,28H,9-10,14-15H2,1-2H3,(H,35,38)/t25-,29+/m1/s1. The highest BCUT2D eigenvalue weighted by Gasteiger charge is 2.39. The summed E-state index contributed by atoms with van der Waals surface area (Å²) in [4.78, 5) is 25.5. The second-order valence-electron chi connectivity index (χ2n) is 10.00. The number of carbonyl (C=O) groups is 1. The van der Waals surface area contributed by atoms with Crippen molar-refractivity contribution < 1.29 is 40.2 Å². The van der Waals surface area contributed by atoms with Gasteiger partial charge in [-0.05, 0) is 55.0 Å². The van der Waals surface area contributed by atoms with Crippen molar-refractivity contribution >= 4 is 26.6 Å². The van der Waals surface area contributed by atoms with Crippen molar-refractivity contribution in [3.63, 3.8) is 0 Å². The molecule has 0 saturated carbocycles. The number of carbonyl (C=O) groups excluding carboxylic acids is 1. The molecule has 2 atom stereocenters. The highest BCUT2D eigenvalue weighted by molar-refractivity contribution is 7.92. The molecule has 0 spiro atoms. The van der Waals surface area contributed by atoms with Crippen molar-refractivity contribution in [2.45, 2.75) is 49.0 Å². The van der Waals surface area contributed by atoms with Crippen molar-refractivity contribution in [3.05, 3.63) is 77.2 Å². The quantitative estimate of drug-likeness (QED) is 0.285. The molecular formula is C29H26F4N4O5S. The van der Waals surface area contributed by atoms with Crippen LogP contribution in [0, 0.1) is 0 Å². The molecule has 4 heterocycles. The van der Waals surface area contributed by atoms with E-state index in [2.05, 4.69) is 20.3 Å². The maximum absolute atomic E-state index is 14.5. The summed E-state index contributed by atoms with van der Waals surface area (Å²) in [5.41, 5.74) is -3.67. The predicted molar refractivity (Wildman–Crippen MR) is 148 cm³/mol. The minimum atomic E-state index is -4.29. The van der Waals surface area contributed by atoms with Crippen molar-refractivity contribution in [3.8, 4) is 17.1 Å². The third kappa shape index (κ3) is 6.02. The number of aromatic nitrogens is 3. The number of alkyl halides is 4. The maximum Gasteiger partial charge on any atom is 0.277 e. The van der Waals surface area contributed by atoms with Crippen LogP contribution in [0.4, 0.5) is 17.6 Å². The largest absolute Gasteiger partial charge is 0.480 e. The fourth-order valence-electron chi connectivity index (χ4n) is 4.48. The first-order valence-corrected chi connectivity index (χ1v) is 14.6. The van der Waals surface area contributed by atoms with Crippen LogP contribution in [0.5, 0.6) is 5.88 Å². The van der Waals surface area contributed by atoms with Gasteiger partial charge in [0.2, 0.25) is 26.9 Å². The molecule has 4 aromatic rings. The first-order chi connectivity index (χ1) is 20.4. The van der Waals surface area contributed by atoms with E-state index in [4.69, 9.17) is 9.47 Å². The highest BCUT2D eigenvalue weighted by Crippen LogP contribution is 2.36. The molecule has 1 aliphatic rings. The molecule has 0 bridgehead atoms. The number of pyridine rings is 3. The Balaban J connectivity index is 1.37. The lowest BCUT2D eigenvalue weighted by molar-refractivity contribution is -0.0288. The van der Waals surface area contributed by atoms with Crippen molar-refractivity contribution in [1.82, 2.24) is 20.3 Å². The zero-order chi connectivity index (χ0) is 30.9. The topological polar surface area (TPSA) is 120 Å². The number of rotatable bonds is 7. The molecule has 14 heteroatoms. The average molecular weight is 619 g/mol. The highest BCUT2D eigenvalue weighted by atomic mass is 32.2. The number of hydrogen-bond donors (Lipinski definition) is 1. The number of ether oxygens (including phenoxy) is 2. The van der Waals surface area contributed by atoms with Gasteiger partial charge in [0.15, 0.2) is 0 Å². The molecule has 1 amide bonds. The van der Waals surface area contributed by atoms with E-state index in [9.17, 15) is 30.8 Å². The number of benzene rings is 1. The molecule has 43 heavy (non-hydrogen) atoms. The summed E-state index contributed by atoms with van der Waals surface area (Å²) in [6.45, 7) is 0.649. The number of hydrogen-bond acceptors (Lipinski definition) is 8. The smallest absolute Gasteiger partial charge is 0.277 e. The Morgan fingerprint density at radius 3 is 2.70 bits per heavy atom. The number of amides is 1. The molecule has 1 aromatic carbocycles. The van der Waals surface area contributed by atoms with Gasteiger partial charge in [-0.2, -0.15) is 0 Å². The van der Waals surface area contributed by atoms with Gasteiger partial charge < -0.3 is 14.8 Å². The normalized spacial score (nSPS) is 17.9. The van der Waals surface area contributed by atoms with Gasteiger partial charge in [-0.3, -0.25) is 9.78 Å². The monoisotopic (exact) mass is 618 g/mol. The van der Waals surface area contributed by atoms with Crippen molar-refractivity contribution in [2.24, 2.45) is 0 Å². The molecule has 0 fully saturated rings. The molecular weight excluding hydrogens is 592 g/mol. The average Bonchev–Trinajstić information content (AvgIpc) is 3.00. The van der Waals surface area contributed by atoms with E-state index in [0.29, 0.717) is 27.9 Å². The molecule has 0 unspecified atom stereocenters. The third-order valence-electron chi connectivity index (χ3n) is 7.02. The minimum absolute atomic E-state index is 0.0177. The van der Waals surface area contributed by atoms with Crippen molar-refractivity contribution in [1.29, 1.82) is 0 Å². The van der Waals surface area contributed by atoms with Crippen LogP contribution >= 0.6 is 0 Å². The zero-order valence-electron chi connectivity index (χ0n) is 23.0. The van der Waals surface area contributed by atoms with Gasteiger partial charge in [0, 0.05) is 23.6 Å². The number of nitrogens with one attached hydrogen (secondary N) is 1. The number of methoxy groups -OCH3 is 1. The predicted octanol–water partition coefficient (Wildman–Crippen LogP) is 5.07. The van der Waals surface area contributed by atoms with Crippen LogP contribution in [0.15, 0.2) is 59.6 Å². The number of nitrogens with zero attached hydrogens (tertiary/aromatic N) is 3. The third-order valence-corrected chi connectivity index (χ3v) is 8.92. The van der Waals surface area contributed by atoms with Crippen LogP contribution < -0.4 is 10.1 Å². The lowest BCUT2D eigenvalue weighted by Gasteiger charge is -2.20. The molecule has 5 rings (SSSR count). The summed E-state index contributed by atoms with van der Waals surface area (Å²) in [5.74, 6) is -0.681. The van der Waals surface area contributed by atoms with Gasteiger partial charge in [-0.1, -0.05) is 6.07 Å². The minimum Gasteiger partial charge on any atom is -0.480 e. The second-order valence-corrected chi connectivity index (χ2v) is 12.0. The SMILES string of the molecule is COc1nc([C@](C)(F)C(F)F)ccc1-c1ccc2cnc(CNC(=O)c3ccc4c(c3)S(=O)(=O)[C@@H](F)CCOC4)cc2n1. The zero-order valence-corrected chi connectivity index (χ0v) is 23.8. The van der Waals surface area contributed by atoms with Crippen LogP contribution in [0.3, 0.4) is 0 Å². The fraction of sp³-hybridized carbons (Fsp3) is 0.310. The summed E-state index contributed by atoms with van der Waals surface area (Å²) < 4.78 is 91.1. The van der Waals surface area contributed by atoms with E-state index >= 15 is 0 Å². The lowest BCUT2D eigenvalue weighted by Crippen LogP contribution is -2.26. The first-order valence-electron chi connectivity index (χ1n) is 13.1. The number of sulfone groups is 1. The van der Waals surface area contributed by atoms with Gasteiger partial charge in [0.25, 0.3) is 12.3 Å². The fourth-order valence-corrected chi connectivity index (χ4v) is 5.95. The van der Waals surface area contributed by atoms with E-state index in [1.807, 2.05) is 0 Å². The Morgan fingerprint density at radius 2 is 1.95 bits per heavy atom. The molecule has 0 aliphatic carbocycles. The molecule has 1 N–H and O–H groups in total. The number of fused-ring (bicyclic) bond motifs is 2. The Hall–Kier alpha value is -4.17. The summed E-state index contributed by atoms with van der Waals surface area (Å²) >= 11 is 0.